The number of hydrogen-bond donors (Lipinski definition) is 1. The van der Waals surface area contributed by atoms with Crippen molar-refractivity contribution in [1.82, 2.24) is 15.2 Å². The van der Waals surface area contributed by atoms with Crippen LogP contribution in [-0.4, -0.2) is 33.8 Å². The van der Waals surface area contributed by atoms with Crippen LogP contribution in [0.4, 0.5) is 0 Å². The zero-order valence-electron chi connectivity index (χ0n) is 13.4. The summed E-state index contributed by atoms with van der Waals surface area (Å²) < 4.78 is 5.51. The summed E-state index contributed by atoms with van der Waals surface area (Å²) in [5.41, 5.74) is -0.350. The Bertz CT molecular complexity index is 559. The standard InChI is InChI=1S/C15H23N3O3/c1-8-7-16-13(21-8)10(3)18-9(2)12(19)17-11(14(18)20)15(4,5)6/h7,9-11H,1-6H3,(H,17,19). The van der Waals surface area contributed by atoms with E-state index in [9.17, 15) is 9.59 Å². The number of nitrogens with one attached hydrogen (secondary N) is 1. The van der Waals surface area contributed by atoms with E-state index < -0.39 is 12.1 Å². The van der Waals surface area contributed by atoms with Crippen LogP contribution in [0, 0.1) is 12.3 Å². The van der Waals surface area contributed by atoms with Crippen LogP contribution >= 0.6 is 0 Å². The van der Waals surface area contributed by atoms with Crippen molar-refractivity contribution < 1.29 is 14.0 Å². The molecule has 0 aliphatic carbocycles. The highest BCUT2D eigenvalue weighted by Crippen LogP contribution is 2.30. The first-order valence-corrected chi connectivity index (χ1v) is 7.18. The number of hydrogen-bond acceptors (Lipinski definition) is 4. The van der Waals surface area contributed by atoms with Crippen molar-refractivity contribution in [1.29, 1.82) is 0 Å². The Morgan fingerprint density at radius 1 is 1.38 bits per heavy atom. The number of oxazole rings is 1. The Morgan fingerprint density at radius 3 is 2.48 bits per heavy atom. The summed E-state index contributed by atoms with van der Waals surface area (Å²) in [5.74, 6) is 0.892. The van der Waals surface area contributed by atoms with Gasteiger partial charge in [-0.1, -0.05) is 20.8 Å². The van der Waals surface area contributed by atoms with Gasteiger partial charge in [-0.05, 0) is 26.2 Å². The normalized spacial score (nSPS) is 25.0. The number of nitrogens with zero attached hydrogens (tertiary/aromatic N) is 2. The van der Waals surface area contributed by atoms with Crippen LogP contribution in [0.1, 0.15) is 52.3 Å². The number of carbonyl (C=O) groups excluding carboxylic acids is 2. The first kappa shape index (κ1) is 15.5. The van der Waals surface area contributed by atoms with E-state index in [1.54, 1.807) is 24.9 Å². The van der Waals surface area contributed by atoms with E-state index in [0.29, 0.717) is 11.7 Å². The molecule has 1 N–H and O–H groups in total. The lowest BCUT2D eigenvalue weighted by atomic mass is 9.83. The van der Waals surface area contributed by atoms with Crippen LogP contribution in [0.3, 0.4) is 0 Å². The average molecular weight is 293 g/mol. The molecule has 1 aromatic heterocycles. The first-order chi connectivity index (χ1) is 9.62. The predicted molar refractivity (Wildman–Crippen MR) is 77.3 cm³/mol. The summed E-state index contributed by atoms with van der Waals surface area (Å²) in [5, 5.41) is 2.82. The van der Waals surface area contributed by atoms with Gasteiger partial charge in [0.1, 0.15) is 23.9 Å². The van der Waals surface area contributed by atoms with E-state index in [1.165, 1.54) is 0 Å². The molecule has 1 aromatic rings. The van der Waals surface area contributed by atoms with Crippen LogP contribution in [0.25, 0.3) is 0 Å². The summed E-state index contributed by atoms with van der Waals surface area (Å²) in [4.78, 5) is 30.7. The lowest BCUT2D eigenvalue weighted by molar-refractivity contribution is -0.154. The highest BCUT2D eigenvalue weighted by molar-refractivity contribution is 5.97. The molecule has 0 spiro atoms. The maximum Gasteiger partial charge on any atom is 0.247 e. The van der Waals surface area contributed by atoms with Gasteiger partial charge in [-0.3, -0.25) is 9.59 Å². The molecule has 3 unspecified atom stereocenters. The largest absolute Gasteiger partial charge is 0.444 e. The monoisotopic (exact) mass is 293 g/mol. The summed E-state index contributed by atoms with van der Waals surface area (Å²) in [7, 11) is 0. The Kier molecular flexibility index (Phi) is 3.82. The van der Waals surface area contributed by atoms with Crippen molar-refractivity contribution in [2.45, 2.75) is 59.7 Å². The number of piperazine rings is 1. The van der Waals surface area contributed by atoms with Crippen LogP contribution in [0.2, 0.25) is 0 Å². The van der Waals surface area contributed by atoms with E-state index in [0.717, 1.165) is 0 Å². The SMILES string of the molecule is Cc1cnc(C(C)N2C(=O)C(C(C)(C)C)NC(=O)C2C)o1. The third-order valence-electron chi connectivity index (χ3n) is 3.86. The molecule has 1 aliphatic heterocycles. The van der Waals surface area contributed by atoms with Gasteiger partial charge in [0.15, 0.2) is 0 Å². The second-order valence-electron chi connectivity index (χ2n) is 6.71. The zero-order chi connectivity index (χ0) is 15.9. The van der Waals surface area contributed by atoms with Crippen LogP contribution in [-0.2, 0) is 9.59 Å². The van der Waals surface area contributed by atoms with Gasteiger partial charge >= 0.3 is 0 Å². The van der Waals surface area contributed by atoms with E-state index in [4.69, 9.17) is 4.42 Å². The minimum atomic E-state index is -0.543. The number of aryl methyl sites for hydroxylation is 1. The Hall–Kier alpha value is -1.85. The summed E-state index contributed by atoms with van der Waals surface area (Å²) in [6.45, 7) is 11.2. The molecule has 6 nitrogen and oxygen atoms in total. The summed E-state index contributed by atoms with van der Waals surface area (Å²) in [6, 6.07) is -1.46. The summed E-state index contributed by atoms with van der Waals surface area (Å²) >= 11 is 0. The lowest BCUT2D eigenvalue weighted by Gasteiger charge is -2.44. The van der Waals surface area contributed by atoms with E-state index in [1.807, 2.05) is 27.7 Å². The van der Waals surface area contributed by atoms with Gasteiger partial charge in [-0.15, -0.1) is 0 Å². The molecule has 1 aliphatic rings. The lowest BCUT2D eigenvalue weighted by Crippen LogP contribution is -2.66. The van der Waals surface area contributed by atoms with Gasteiger partial charge in [-0.2, -0.15) is 0 Å². The van der Waals surface area contributed by atoms with Crippen LogP contribution in [0.5, 0.6) is 0 Å². The molecule has 2 heterocycles. The number of aromatic nitrogens is 1. The van der Waals surface area contributed by atoms with Crippen molar-refractivity contribution >= 4 is 11.8 Å². The van der Waals surface area contributed by atoms with Crippen molar-refractivity contribution in [2.75, 3.05) is 0 Å². The third-order valence-corrected chi connectivity index (χ3v) is 3.86. The zero-order valence-corrected chi connectivity index (χ0v) is 13.4. The highest BCUT2D eigenvalue weighted by Gasteiger charge is 2.46. The molecule has 2 rings (SSSR count). The smallest absolute Gasteiger partial charge is 0.247 e. The first-order valence-electron chi connectivity index (χ1n) is 7.18. The van der Waals surface area contributed by atoms with Gasteiger partial charge in [0, 0.05) is 0 Å². The molecule has 0 bridgehead atoms. The quantitative estimate of drug-likeness (QED) is 0.902. The number of amides is 2. The molecule has 1 fully saturated rings. The van der Waals surface area contributed by atoms with Gasteiger partial charge < -0.3 is 14.6 Å². The maximum absolute atomic E-state index is 12.8. The van der Waals surface area contributed by atoms with Crippen molar-refractivity contribution in [3.05, 3.63) is 17.8 Å². The van der Waals surface area contributed by atoms with Gasteiger partial charge in [-0.25, -0.2) is 4.98 Å². The van der Waals surface area contributed by atoms with Gasteiger partial charge in [0.2, 0.25) is 17.7 Å². The van der Waals surface area contributed by atoms with Gasteiger partial charge in [0.25, 0.3) is 0 Å². The average Bonchev–Trinajstić information content (AvgIpc) is 2.79. The molecule has 21 heavy (non-hydrogen) atoms. The van der Waals surface area contributed by atoms with Gasteiger partial charge in [0.05, 0.1) is 6.20 Å². The van der Waals surface area contributed by atoms with Crippen molar-refractivity contribution in [3.63, 3.8) is 0 Å². The topological polar surface area (TPSA) is 75.4 Å². The molecule has 0 aromatic carbocycles. The molecular formula is C15H23N3O3. The molecule has 0 radical (unpaired) electrons. The maximum atomic E-state index is 12.8. The number of carbonyl (C=O) groups is 2. The fourth-order valence-electron chi connectivity index (χ4n) is 2.59. The number of rotatable bonds is 2. The predicted octanol–water partition coefficient (Wildman–Crippen LogP) is 1.81. The van der Waals surface area contributed by atoms with Crippen molar-refractivity contribution in [2.24, 2.45) is 5.41 Å². The molecule has 1 saturated heterocycles. The Morgan fingerprint density at radius 2 is 2.00 bits per heavy atom. The molecule has 0 saturated carbocycles. The Labute approximate surface area is 124 Å². The van der Waals surface area contributed by atoms with Crippen LogP contribution in [0.15, 0.2) is 10.6 Å². The second kappa shape index (κ2) is 5.16. The molecule has 3 atom stereocenters. The minimum Gasteiger partial charge on any atom is -0.444 e. The van der Waals surface area contributed by atoms with Crippen molar-refractivity contribution in [3.8, 4) is 0 Å². The summed E-state index contributed by atoms with van der Waals surface area (Å²) in [6.07, 6.45) is 1.62. The third kappa shape index (κ3) is 2.80. The van der Waals surface area contributed by atoms with E-state index in [2.05, 4.69) is 10.3 Å². The molecule has 6 heteroatoms. The second-order valence-corrected chi connectivity index (χ2v) is 6.71. The highest BCUT2D eigenvalue weighted by atomic mass is 16.4. The minimum absolute atomic E-state index is 0.0991. The fraction of sp³-hybridized carbons (Fsp3) is 0.667. The molecular weight excluding hydrogens is 270 g/mol. The Balaban J connectivity index is 2.35. The molecule has 2 amide bonds. The van der Waals surface area contributed by atoms with E-state index in [-0.39, 0.29) is 23.3 Å². The van der Waals surface area contributed by atoms with E-state index >= 15 is 0 Å². The fourth-order valence-corrected chi connectivity index (χ4v) is 2.59. The van der Waals surface area contributed by atoms with Crippen LogP contribution < -0.4 is 5.32 Å². The molecule has 116 valence electrons.